The zero-order chi connectivity index (χ0) is 8.00. The summed E-state index contributed by atoms with van der Waals surface area (Å²) >= 11 is 0. The molecule has 0 aromatic rings. The van der Waals surface area contributed by atoms with Crippen molar-refractivity contribution in [3.63, 3.8) is 0 Å². The molecule has 0 heterocycles. The van der Waals surface area contributed by atoms with Crippen molar-refractivity contribution >= 4 is 41.0 Å². The van der Waals surface area contributed by atoms with Crippen LogP contribution in [0.2, 0.25) is 26.2 Å². The molecular weight excluding hydrogens is 160 g/mol. The number of hydrogen-bond acceptors (Lipinski definition) is 0. The maximum Gasteiger partial charge on any atom is -0.000585 e. The van der Waals surface area contributed by atoms with Crippen LogP contribution in [0, 0.1) is 0 Å². The molecule has 0 aliphatic rings. The van der Waals surface area contributed by atoms with E-state index < -0.39 is 0 Å². The standard InChI is InChI=1S/4CH6Si/c4*1-2/h4*1-2H3. The lowest BCUT2D eigenvalue weighted by Gasteiger charge is -1.04. The van der Waals surface area contributed by atoms with Crippen molar-refractivity contribution in [2.75, 3.05) is 0 Å². The van der Waals surface area contributed by atoms with E-state index in [2.05, 4.69) is 26.2 Å². The molecule has 56 valence electrons. The summed E-state index contributed by atoms with van der Waals surface area (Å²) in [5, 5.41) is 0. The van der Waals surface area contributed by atoms with E-state index >= 15 is 0 Å². The summed E-state index contributed by atoms with van der Waals surface area (Å²) in [6.07, 6.45) is 0. The third kappa shape index (κ3) is 314. The molecule has 0 aliphatic carbocycles. The van der Waals surface area contributed by atoms with Crippen molar-refractivity contribution in [3.05, 3.63) is 0 Å². The summed E-state index contributed by atoms with van der Waals surface area (Å²) in [6.45, 7) is 8.56. The van der Waals surface area contributed by atoms with Gasteiger partial charge in [0.25, 0.3) is 0 Å². The topological polar surface area (TPSA) is 0 Å². The van der Waals surface area contributed by atoms with Gasteiger partial charge in [0.1, 0.15) is 0 Å². The normalized spacial score (nSPS) is 4.50. The van der Waals surface area contributed by atoms with Crippen LogP contribution >= 0.6 is 0 Å². The SMILES string of the molecule is C[SiH3].C[SiH3].C[SiH3].C[SiH3]. The van der Waals surface area contributed by atoms with Gasteiger partial charge in [0.05, 0.1) is 0 Å². The third-order valence-corrected chi connectivity index (χ3v) is 0. The van der Waals surface area contributed by atoms with Gasteiger partial charge in [0, 0.05) is 0 Å². The first-order chi connectivity index (χ1) is 4.00. The second kappa shape index (κ2) is 493. The first-order valence-corrected chi connectivity index (χ1v) is 12.0. The zero-order valence-corrected chi connectivity index (χ0v) is 16.0. The molecule has 0 bridgehead atoms. The maximum atomic E-state index is 2.14. The van der Waals surface area contributed by atoms with Gasteiger partial charge >= 0.3 is 0 Å². The van der Waals surface area contributed by atoms with Crippen molar-refractivity contribution < 1.29 is 0 Å². The Balaban J connectivity index is -0.0000000133. The second-order valence-electron chi connectivity index (χ2n) is 0. The van der Waals surface area contributed by atoms with E-state index in [-0.39, 0.29) is 0 Å². The van der Waals surface area contributed by atoms with Crippen molar-refractivity contribution in [2.24, 2.45) is 0 Å². The molecule has 0 nitrogen and oxygen atoms in total. The van der Waals surface area contributed by atoms with E-state index in [1.807, 2.05) is 0 Å². The Hall–Kier alpha value is 0.868. The monoisotopic (exact) mass is 184 g/mol. The molecule has 0 aromatic heterocycles. The maximum absolute atomic E-state index is 2.14. The predicted molar refractivity (Wildman–Crippen MR) is 63.2 cm³/mol. The molecule has 0 amide bonds. The Morgan fingerprint density at radius 1 is 0.375 bits per heavy atom. The molecular formula is C4H24Si4. The highest BCUT2D eigenvalue weighted by molar-refractivity contribution is 6.06. The van der Waals surface area contributed by atoms with E-state index in [4.69, 9.17) is 0 Å². The van der Waals surface area contributed by atoms with Gasteiger partial charge in [-0.1, -0.05) is 26.2 Å². The Labute approximate surface area is 67.5 Å². The van der Waals surface area contributed by atoms with Crippen LogP contribution in [-0.2, 0) is 0 Å². The molecule has 0 saturated carbocycles. The van der Waals surface area contributed by atoms with Crippen LogP contribution in [0.5, 0.6) is 0 Å². The smallest absolute Gasteiger partial charge is 0.000585 e. The predicted octanol–water partition coefficient (Wildman–Crippen LogP) is -2.40. The van der Waals surface area contributed by atoms with Crippen LogP contribution in [0.3, 0.4) is 0 Å². The first-order valence-electron chi connectivity index (χ1n) is 4.00. The van der Waals surface area contributed by atoms with Crippen LogP contribution < -0.4 is 0 Å². The molecule has 0 N–H and O–H groups in total. The van der Waals surface area contributed by atoms with Gasteiger partial charge in [0.2, 0.25) is 0 Å². The summed E-state index contributed by atoms with van der Waals surface area (Å²) in [4.78, 5) is 0. The minimum absolute atomic E-state index is 1.31. The number of hydrogen-bond donors (Lipinski definition) is 0. The molecule has 0 aliphatic heterocycles. The van der Waals surface area contributed by atoms with Crippen LogP contribution in [0.25, 0.3) is 0 Å². The Kier molecular flexibility index (Phi) is 1430. The molecule has 0 atom stereocenters. The molecule has 0 rings (SSSR count). The lowest BCUT2D eigenvalue weighted by atomic mass is 11.9. The fourth-order valence-electron chi connectivity index (χ4n) is 0. The van der Waals surface area contributed by atoms with Crippen molar-refractivity contribution in [2.45, 2.75) is 26.2 Å². The largest absolute Gasteiger partial charge is 0.0777 e. The average Bonchev–Trinajstić information content (AvgIpc) is 2.03. The Morgan fingerprint density at radius 3 is 0.375 bits per heavy atom. The van der Waals surface area contributed by atoms with Crippen LogP contribution in [0.4, 0.5) is 0 Å². The van der Waals surface area contributed by atoms with Crippen LogP contribution in [0.15, 0.2) is 0 Å². The summed E-state index contributed by atoms with van der Waals surface area (Å²) in [5.41, 5.74) is 0. The molecule has 0 saturated heterocycles. The zero-order valence-electron chi connectivity index (χ0n) is 8.00. The van der Waals surface area contributed by atoms with Gasteiger partial charge < -0.3 is 0 Å². The Morgan fingerprint density at radius 2 is 0.375 bits per heavy atom. The molecule has 0 fully saturated rings. The summed E-state index contributed by atoms with van der Waals surface area (Å²) in [5.74, 6) is 0. The van der Waals surface area contributed by atoms with Gasteiger partial charge in [-0.15, -0.1) is 0 Å². The molecule has 8 heavy (non-hydrogen) atoms. The van der Waals surface area contributed by atoms with Crippen molar-refractivity contribution in [3.8, 4) is 0 Å². The second-order valence-corrected chi connectivity index (χ2v) is 0. The van der Waals surface area contributed by atoms with E-state index in [0.29, 0.717) is 0 Å². The van der Waals surface area contributed by atoms with E-state index in [0.717, 1.165) is 0 Å². The number of rotatable bonds is 0. The lowest BCUT2D eigenvalue weighted by Crippen LogP contribution is -1.13. The highest BCUT2D eigenvalue weighted by Crippen LogP contribution is 0.966. The average molecular weight is 185 g/mol. The summed E-state index contributed by atoms with van der Waals surface area (Å²) < 4.78 is 0. The van der Waals surface area contributed by atoms with E-state index in [1.165, 1.54) is 41.0 Å². The van der Waals surface area contributed by atoms with Crippen molar-refractivity contribution in [1.82, 2.24) is 0 Å². The Bertz CT molecular complexity index is 8.00. The summed E-state index contributed by atoms with van der Waals surface area (Å²) in [6, 6.07) is 0. The minimum atomic E-state index is 1.31. The van der Waals surface area contributed by atoms with Gasteiger partial charge in [0.15, 0.2) is 0 Å². The summed E-state index contributed by atoms with van der Waals surface area (Å²) in [7, 11) is 5.22. The quantitative estimate of drug-likeness (QED) is 0.369. The van der Waals surface area contributed by atoms with Gasteiger partial charge in [-0.3, -0.25) is 0 Å². The van der Waals surface area contributed by atoms with Crippen LogP contribution in [-0.4, -0.2) is 41.0 Å². The fourth-order valence-corrected chi connectivity index (χ4v) is 0. The first kappa shape index (κ1) is 23.2. The molecule has 4 heteroatoms. The fraction of sp³-hybridized carbons (Fsp3) is 1.00. The minimum Gasteiger partial charge on any atom is -0.0777 e. The molecule has 0 unspecified atom stereocenters. The highest BCUT2D eigenvalue weighted by atomic mass is 28.2. The lowest BCUT2D eigenvalue weighted by molar-refractivity contribution is 2.39. The van der Waals surface area contributed by atoms with Crippen LogP contribution in [0.1, 0.15) is 0 Å². The third-order valence-electron chi connectivity index (χ3n) is 0. The van der Waals surface area contributed by atoms with Gasteiger partial charge in [-0.05, 0) is 41.0 Å². The molecule has 0 spiro atoms. The van der Waals surface area contributed by atoms with Crippen molar-refractivity contribution in [1.29, 1.82) is 0 Å². The van der Waals surface area contributed by atoms with E-state index in [9.17, 15) is 0 Å². The van der Waals surface area contributed by atoms with E-state index in [1.54, 1.807) is 0 Å². The molecule has 0 radical (unpaired) electrons. The van der Waals surface area contributed by atoms with Gasteiger partial charge in [-0.2, -0.15) is 0 Å². The highest BCUT2D eigenvalue weighted by Gasteiger charge is 0.968. The molecule has 0 aromatic carbocycles. The van der Waals surface area contributed by atoms with Gasteiger partial charge in [-0.25, -0.2) is 0 Å².